The fourth-order valence-corrected chi connectivity index (χ4v) is 3.64. The maximum atomic E-state index is 13.1. The molecular formula is C22H19BrN2O3. The number of pyridine rings is 1. The van der Waals surface area contributed by atoms with E-state index in [2.05, 4.69) is 21.1 Å². The van der Waals surface area contributed by atoms with Gasteiger partial charge in [-0.05, 0) is 28.8 Å². The Morgan fingerprint density at radius 3 is 2.39 bits per heavy atom. The normalized spacial score (nSPS) is 11.1. The van der Waals surface area contributed by atoms with E-state index >= 15 is 0 Å². The number of nitrogens with zero attached hydrogens (tertiary/aromatic N) is 2. The molecule has 0 N–H and O–H groups in total. The van der Waals surface area contributed by atoms with Gasteiger partial charge < -0.3 is 13.8 Å². The lowest BCUT2D eigenvalue weighted by Gasteiger charge is -2.09. The van der Waals surface area contributed by atoms with Crippen molar-refractivity contribution < 1.29 is 9.26 Å². The maximum absolute atomic E-state index is 13.1. The number of hydrogen-bond donors (Lipinski definition) is 0. The lowest BCUT2D eigenvalue weighted by Crippen LogP contribution is -2.19. The Morgan fingerprint density at radius 2 is 1.75 bits per heavy atom. The molecule has 28 heavy (non-hydrogen) atoms. The fourth-order valence-electron chi connectivity index (χ4n) is 3.26. The Bertz CT molecular complexity index is 1180. The van der Waals surface area contributed by atoms with Crippen LogP contribution < -0.4 is 10.3 Å². The first-order chi connectivity index (χ1) is 13.6. The van der Waals surface area contributed by atoms with Crippen LogP contribution in [0, 0.1) is 0 Å². The van der Waals surface area contributed by atoms with Gasteiger partial charge in [0.05, 0.1) is 12.8 Å². The topological polar surface area (TPSA) is 57.3 Å². The number of alkyl halides is 1. The summed E-state index contributed by atoms with van der Waals surface area (Å²) in [4.78, 5) is 13.1. The summed E-state index contributed by atoms with van der Waals surface area (Å²) >= 11 is 3.45. The average molecular weight is 439 g/mol. The molecule has 0 radical (unpaired) electrons. The van der Waals surface area contributed by atoms with Crippen LogP contribution in [0.4, 0.5) is 0 Å². The Labute approximate surface area is 170 Å². The second-order valence-corrected chi connectivity index (χ2v) is 7.18. The molecule has 2 heterocycles. The second kappa shape index (κ2) is 7.64. The molecule has 0 unspecified atom stereocenters. The van der Waals surface area contributed by atoms with Crippen molar-refractivity contribution in [2.24, 2.45) is 7.05 Å². The highest BCUT2D eigenvalue weighted by molar-refractivity contribution is 9.08. The summed E-state index contributed by atoms with van der Waals surface area (Å²) in [6.07, 6.45) is 0.519. The van der Waals surface area contributed by atoms with Gasteiger partial charge >= 0.3 is 0 Å². The van der Waals surface area contributed by atoms with Crippen LogP contribution in [0.2, 0.25) is 0 Å². The van der Waals surface area contributed by atoms with E-state index in [0.717, 1.165) is 27.9 Å². The third-order valence-electron chi connectivity index (χ3n) is 4.87. The molecule has 4 rings (SSSR count). The summed E-state index contributed by atoms with van der Waals surface area (Å²) < 4.78 is 12.4. The summed E-state index contributed by atoms with van der Waals surface area (Å²) in [5.74, 6) is 0.792. The summed E-state index contributed by atoms with van der Waals surface area (Å²) in [6, 6.07) is 17.7. The molecule has 2 aromatic carbocycles. The van der Waals surface area contributed by atoms with E-state index in [0.29, 0.717) is 23.1 Å². The van der Waals surface area contributed by atoms with Crippen LogP contribution in [0.1, 0.15) is 16.8 Å². The Kier molecular flexibility index (Phi) is 5.05. The minimum atomic E-state index is -0.109. The van der Waals surface area contributed by atoms with Gasteiger partial charge in [0.15, 0.2) is 5.58 Å². The summed E-state index contributed by atoms with van der Waals surface area (Å²) in [5, 5.41) is 5.49. The molecule has 5 nitrogen and oxygen atoms in total. The first-order valence-corrected chi connectivity index (χ1v) is 9.99. The molecule has 0 amide bonds. The molecule has 0 aliphatic carbocycles. The molecule has 0 spiro atoms. The van der Waals surface area contributed by atoms with E-state index in [4.69, 9.17) is 9.26 Å². The maximum Gasteiger partial charge on any atom is 0.263 e. The molecule has 0 atom stereocenters. The van der Waals surface area contributed by atoms with Gasteiger partial charge in [0.25, 0.3) is 5.56 Å². The molecule has 0 fully saturated rings. The van der Waals surface area contributed by atoms with Gasteiger partial charge in [0.1, 0.15) is 16.8 Å². The minimum absolute atomic E-state index is 0.109. The zero-order valence-corrected chi connectivity index (χ0v) is 17.2. The monoisotopic (exact) mass is 438 g/mol. The van der Waals surface area contributed by atoms with E-state index in [1.807, 2.05) is 54.6 Å². The lowest BCUT2D eigenvalue weighted by atomic mass is 10.1. The quantitative estimate of drug-likeness (QED) is 0.424. The third-order valence-corrected chi connectivity index (χ3v) is 5.52. The van der Waals surface area contributed by atoms with Crippen LogP contribution in [-0.2, 0) is 18.8 Å². The predicted octanol–water partition coefficient (Wildman–Crippen LogP) is 4.69. The number of benzene rings is 2. The van der Waals surface area contributed by atoms with Crippen LogP contribution in [0.3, 0.4) is 0 Å². The SMILES string of the molecule is COc1ccc(Cc2noc3cc(-c4ccc(CBr)cc4)n(C)c(=O)c23)cc1. The van der Waals surface area contributed by atoms with Gasteiger partial charge in [-0.3, -0.25) is 4.79 Å². The molecule has 142 valence electrons. The summed E-state index contributed by atoms with van der Waals surface area (Å²) in [5.41, 5.74) is 5.00. The molecule has 2 aromatic heterocycles. The Hall–Kier alpha value is -2.86. The van der Waals surface area contributed by atoms with Gasteiger partial charge in [-0.15, -0.1) is 0 Å². The molecular weight excluding hydrogens is 420 g/mol. The second-order valence-electron chi connectivity index (χ2n) is 6.62. The van der Waals surface area contributed by atoms with Crippen molar-refractivity contribution in [3.05, 3.63) is 81.8 Å². The summed E-state index contributed by atoms with van der Waals surface area (Å²) in [6.45, 7) is 0. The first-order valence-electron chi connectivity index (χ1n) is 8.87. The molecule has 0 bridgehead atoms. The van der Waals surface area contributed by atoms with Crippen LogP contribution in [-0.4, -0.2) is 16.8 Å². The smallest absolute Gasteiger partial charge is 0.263 e. The minimum Gasteiger partial charge on any atom is -0.497 e. The standard InChI is InChI=1S/C22H19BrN2O3/c1-25-19(16-7-3-15(13-23)4-8-16)12-20-21(22(25)26)18(24-28-20)11-14-5-9-17(27-2)10-6-14/h3-10,12H,11,13H2,1-2H3. The van der Waals surface area contributed by atoms with Gasteiger partial charge in [0.2, 0.25) is 0 Å². The van der Waals surface area contributed by atoms with E-state index in [-0.39, 0.29) is 5.56 Å². The Morgan fingerprint density at radius 1 is 1.07 bits per heavy atom. The Balaban J connectivity index is 1.75. The van der Waals surface area contributed by atoms with Crippen LogP contribution in [0.25, 0.3) is 22.2 Å². The van der Waals surface area contributed by atoms with Crippen LogP contribution in [0.5, 0.6) is 5.75 Å². The van der Waals surface area contributed by atoms with Crippen LogP contribution >= 0.6 is 15.9 Å². The molecule has 4 aromatic rings. The van der Waals surface area contributed by atoms with E-state index in [9.17, 15) is 4.79 Å². The molecule has 0 saturated carbocycles. The van der Waals surface area contributed by atoms with Crippen molar-refractivity contribution in [2.75, 3.05) is 7.11 Å². The van der Waals surface area contributed by atoms with E-state index in [1.54, 1.807) is 18.7 Å². The zero-order valence-electron chi connectivity index (χ0n) is 15.6. The predicted molar refractivity (Wildman–Crippen MR) is 113 cm³/mol. The van der Waals surface area contributed by atoms with E-state index in [1.165, 1.54) is 5.56 Å². The largest absolute Gasteiger partial charge is 0.497 e. The molecule has 6 heteroatoms. The highest BCUT2D eigenvalue weighted by atomic mass is 79.9. The number of fused-ring (bicyclic) bond motifs is 1. The van der Waals surface area contributed by atoms with Crippen molar-refractivity contribution in [2.45, 2.75) is 11.8 Å². The highest BCUT2D eigenvalue weighted by Crippen LogP contribution is 2.25. The number of rotatable bonds is 5. The number of aromatic nitrogens is 2. The van der Waals surface area contributed by atoms with E-state index < -0.39 is 0 Å². The van der Waals surface area contributed by atoms with Crippen molar-refractivity contribution in [1.82, 2.24) is 9.72 Å². The van der Waals surface area contributed by atoms with Crippen molar-refractivity contribution in [1.29, 1.82) is 0 Å². The number of hydrogen-bond acceptors (Lipinski definition) is 4. The van der Waals surface area contributed by atoms with Gasteiger partial charge in [-0.25, -0.2) is 0 Å². The molecule has 0 aliphatic rings. The third kappa shape index (κ3) is 3.36. The van der Waals surface area contributed by atoms with Crippen LogP contribution in [0.15, 0.2) is 63.9 Å². The first kappa shape index (κ1) is 18.5. The number of halogens is 1. The zero-order chi connectivity index (χ0) is 19.7. The molecule has 0 aliphatic heterocycles. The number of ether oxygens (including phenoxy) is 1. The highest BCUT2D eigenvalue weighted by Gasteiger charge is 2.17. The van der Waals surface area contributed by atoms with Crippen molar-refractivity contribution in [3.63, 3.8) is 0 Å². The van der Waals surface area contributed by atoms with Crippen molar-refractivity contribution >= 4 is 26.9 Å². The van der Waals surface area contributed by atoms with Gasteiger partial charge in [0, 0.05) is 24.9 Å². The lowest BCUT2D eigenvalue weighted by molar-refractivity contribution is 0.414. The molecule has 0 saturated heterocycles. The fraction of sp³-hybridized carbons (Fsp3) is 0.182. The average Bonchev–Trinajstić information content (AvgIpc) is 3.14. The number of methoxy groups -OCH3 is 1. The van der Waals surface area contributed by atoms with Gasteiger partial charge in [-0.2, -0.15) is 0 Å². The van der Waals surface area contributed by atoms with Crippen molar-refractivity contribution in [3.8, 4) is 17.0 Å². The summed E-state index contributed by atoms with van der Waals surface area (Å²) in [7, 11) is 3.41. The van der Waals surface area contributed by atoms with Gasteiger partial charge in [-0.1, -0.05) is 57.5 Å².